The highest BCUT2D eigenvalue weighted by molar-refractivity contribution is 5.91. The van der Waals surface area contributed by atoms with E-state index in [9.17, 15) is 9.18 Å². The number of rotatable bonds is 20. The average molecular weight is 673 g/mol. The summed E-state index contributed by atoms with van der Waals surface area (Å²) in [7, 11) is 0. The number of carbonyl (C=O) groups excluding carboxylic acids is 1. The lowest BCUT2D eigenvalue weighted by Gasteiger charge is -2.37. The van der Waals surface area contributed by atoms with E-state index >= 15 is 0 Å². The van der Waals surface area contributed by atoms with Crippen LogP contribution in [-0.4, -0.2) is 65.4 Å². The number of nitrogens with zero attached hydrogens (tertiary/aromatic N) is 2. The smallest absolute Gasteiger partial charge is 0.343 e. The molecule has 49 heavy (non-hydrogen) atoms. The van der Waals surface area contributed by atoms with Gasteiger partial charge in [-0.15, -0.1) is 0 Å². The second-order valence-electron chi connectivity index (χ2n) is 11.8. The lowest BCUT2D eigenvalue weighted by Crippen LogP contribution is -2.43. The Balaban J connectivity index is 0.939. The lowest BCUT2D eigenvalue weighted by atomic mass is 9.90. The molecular weight excluding hydrogens is 631 g/mol. The summed E-state index contributed by atoms with van der Waals surface area (Å²) < 4.78 is 51.9. The average Bonchev–Trinajstić information content (AvgIpc) is 3.11. The van der Waals surface area contributed by atoms with E-state index in [1.165, 1.54) is 12.1 Å². The van der Waals surface area contributed by atoms with E-state index in [1.54, 1.807) is 84.9 Å². The molecule has 0 saturated carbocycles. The van der Waals surface area contributed by atoms with Gasteiger partial charge in [0.05, 0.1) is 56.6 Å². The van der Waals surface area contributed by atoms with Gasteiger partial charge in [0.15, 0.2) is 0 Å². The molecular formula is C38H41FN2O8. The fourth-order valence-electron chi connectivity index (χ4n) is 4.58. The van der Waals surface area contributed by atoms with Crippen molar-refractivity contribution in [1.82, 2.24) is 0 Å². The summed E-state index contributed by atoms with van der Waals surface area (Å²) in [4.78, 5) is 12.6. The molecule has 1 aliphatic rings. The summed E-state index contributed by atoms with van der Waals surface area (Å²) in [5.41, 5.74) is 1.81. The molecule has 4 aromatic rings. The standard InChI is InChI=1S/C38H41FN2O8/c1-38(27-45-28-38)26-44-20-2-3-21-46-35-16-18-36(19-17-35)49-37(42)29-4-8-31(9-5-29)40-41-32-10-14-34(15-11-32)48-25-23-43-22-24-47-33-12-6-30(39)7-13-33/h4-19H,2-3,20-28H2,1H3. The fraction of sp³-hybridized carbons (Fsp3) is 0.342. The minimum absolute atomic E-state index is 0.176. The molecule has 11 heteroatoms. The van der Waals surface area contributed by atoms with Crippen LogP contribution in [0.3, 0.4) is 0 Å². The third kappa shape index (κ3) is 12.3. The lowest BCUT2D eigenvalue weighted by molar-refractivity contribution is -0.138. The van der Waals surface area contributed by atoms with Crippen molar-refractivity contribution < 1.29 is 42.3 Å². The van der Waals surface area contributed by atoms with Crippen LogP contribution in [0, 0.1) is 11.2 Å². The Hall–Kier alpha value is -4.84. The number of azo groups is 1. The van der Waals surface area contributed by atoms with Gasteiger partial charge in [-0.25, -0.2) is 9.18 Å². The van der Waals surface area contributed by atoms with Gasteiger partial charge in [-0.1, -0.05) is 6.92 Å². The number of ether oxygens (including phenoxy) is 7. The Morgan fingerprint density at radius 2 is 1.12 bits per heavy atom. The SMILES string of the molecule is CC1(COCCCCOc2ccc(OC(=O)c3ccc(N=Nc4ccc(OCCOCCOc5ccc(F)cc5)cc4)cc3)cc2)COC1. The maximum Gasteiger partial charge on any atom is 0.343 e. The molecule has 1 saturated heterocycles. The van der Waals surface area contributed by atoms with Crippen molar-refractivity contribution in [2.24, 2.45) is 15.6 Å². The topological polar surface area (TPSA) is 106 Å². The highest BCUT2D eigenvalue weighted by atomic mass is 19.1. The summed E-state index contributed by atoms with van der Waals surface area (Å²) in [5, 5.41) is 8.50. The van der Waals surface area contributed by atoms with Crippen molar-refractivity contribution >= 4 is 17.3 Å². The number of esters is 1. The first kappa shape index (κ1) is 35.5. The third-order valence-electron chi connectivity index (χ3n) is 7.36. The molecule has 0 atom stereocenters. The van der Waals surface area contributed by atoms with Crippen molar-refractivity contribution in [1.29, 1.82) is 0 Å². The quantitative estimate of drug-likeness (QED) is 0.0401. The van der Waals surface area contributed by atoms with Crippen LogP contribution < -0.4 is 18.9 Å². The Morgan fingerprint density at radius 1 is 0.633 bits per heavy atom. The Labute approximate surface area is 285 Å². The molecule has 4 aromatic carbocycles. The highest BCUT2D eigenvalue weighted by Crippen LogP contribution is 2.27. The van der Waals surface area contributed by atoms with Gasteiger partial charge in [0, 0.05) is 12.0 Å². The molecule has 0 aromatic heterocycles. The van der Waals surface area contributed by atoms with E-state index in [-0.39, 0.29) is 11.2 Å². The first-order valence-electron chi connectivity index (χ1n) is 16.3. The second kappa shape index (κ2) is 18.6. The normalized spacial score (nSPS) is 13.5. The van der Waals surface area contributed by atoms with E-state index in [2.05, 4.69) is 17.2 Å². The van der Waals surface area contributed by atoms with Crippen LogP contribution in [0.15, 0.2) is 107 Å². The van der Waals surface area contributed by atoms with Gasteiger partial charge in [-0.3, -0.25) is 0 Å². The maximum atomic E-state index is 12.9. The van der Waals surface area contributed by atoms with Crippen molar-refractivity contribution in [2.75, 3.05) is 59.5 Å². The van der Waals surface area contributed by atoms with Crippen LogP contribution in [0.2, 0.25) is 0 Å². The van der Waals surface area contributed by atoms with Gasteiger partial charge in [-0.05, 0) is 110 Å². The minimum atomic E-state index is -0.473. The molecule has 1 fully saturated rings. The molecule has 0 radical (unpaired) electrons. The Kier molecular flexibility index (Phi) is 13.5. The van der Waals surface area contributed by atoms with Crippen molar-refractivity contribution in [2.45, 2.75) is 19.8 Å². The predicted octanol–water partition coefficient (Wildman–Crippen LogP) is 8.15. The number of halogens is 1. The van der Waals surface area contributed by atoms with Crippen molar-refractivity contribution in [3.05, 3.63) is 108 Å². The molecule has 0 spiro atoms. The Bertz CT molecular complexity index is 1590. The van der Waals surface area contributed by atoms with Crippen LogP contribution in [0.1, 0.15) is 30.1 Å². The van der Waals surface area contributed by atoms with Gasteiger partial charge in [0.1, 0.15) is 42.0 Å². The number of hydrogen-bond donors (Lipinski definition) is 0. The van der Waals surface area contributed by atoms with E-state index < -0.39 is 5.97 Å². The summed E-state index contributed by atoms with van der Waals surface area (Å²) in [6.45, 7) is 7.27. The van der Waals surface area contributed by atoms with Gasteiger partial charge >= 0.3 is 5.97 Å². The molecule has 0 bridgehead atoms. The zero-order chi connectivity index (χ0) is 34.2. The zero-order valence-corrected chi connectivity index (χ0v) is 27.6. The first-order chi connectivity index (χ1) is 23.9. The van der Waals surface area contributed by atoms with Gasteiger partial charge in [-0.2, -0.15) is 10.2 Å². The highest BCUT2D eigenvalue weighted by Gasteiger charge is 2.33. The van der Waals surface area contributed by atoms with E-state index in [0.29, 0.717) is 79.6 Å². The van der Waals surface area contributed by atoms with Crippen LogP contribution in [0.25, 0.3) is 0 Å². The van der Waals surface area contributed by atoms with Crippen LogP contribution in [-0.2, 0) is 14.2 Å². The molecule has 1 heterocycles. The zero-order valence-electron chi connectivity index (χ0n) is 27.6. The monoisotopic (exact) mass is 672 g/mol. The molecule has 0 aliphatic carbocycles. The Morgan fingerprint density at radius 3 is 1.69 bits per heavy atom. The number of benzene rings is 4. The molecule has 10 nitrogen and oxygen atoms in total. The van der Waals surface area contributed by atoms with E-state index in [4.69, 9.17) is 33.2 Å². The summed E-state index contributed by atoms with van der Waals surface area (Å²) in [6.07, 6.45) is 1.81. The van der Waals surface area contributed by atoms with Gasteiger partial charge in [0.2, 0.25) is 0 Å². The van der Waals surface area contributed by atoms with Crippen molar-refractivity contribution in [3.8, 4) is 23.0 Å². The van der Waals surface area contributed by atoms with Crippen molar-refractivity contribution in [3.63, 3.8) is 0 Å². The van der Waals surface area contributed by atoms with E-state index in [1.807, 2.05) is 0 Å². The molecule has 0 unspecified atom stereocenters. The first-order valence-corrected chi connectivity index (χ1v) is 16.3. The van der Waals surface area contributed by atoms with Gasteiger partial charge in [0.25, 0.3) is 0 Å². The third-order valence-corrected chi connectivity index (χ3v) is 7.36. The summed E-state index contributed by atoms with van der Waals surface area (Å²) in [5.74, 6) is 1.63. The molecule has 258 valence electrons. The van der Waals surface area contributed by atoms with Crippen LogP contribution in [0.5, 0.6) is 23.0 Å². The fourth-order valence-corrected chi connectivity index (χ4v) is 4.58. The number of hydrogen-bond acceptors (Lipinski definition) is 10. The van der Waals surface area contributed by atoms with Gasteiger partial charge < -0.3 is 33.2 Å². The minimum Gasteiger partial charge on any atom is -0.494 e. The second-order valence-corrected chi connectivity index (χ2v) is 11.8. The molecule has 0 N–H and O–H groups in total. The molecule has 0 amide bonds. The summed E-state index contributed by atoms with van der Waals surface area (Å²) in [6, 6.07) is 26.7. The maximum absolute atomic E-state index is 12.9. The summed E-state index contributed by atoms with van der Waals surface area (Å²) >= 11 is 0. The van der Waals surface area contributed by atoms with Crippen LogP contribution in [0.4, 0.5) is 15.8 Å². The molecule has 1 aliphatic heterocycles. The predicted molar refractivity (Wildman–Crippen MR) is 181 cm³/mol. The number of carbonyl (C=O) groups is 1. The largest absolute Gasteiger partial charge is 0.494 e. The van der Waals surface area contributed by atoms with E-state index in [0.717, 1.165) is 32.7 Å². The molecule has 5 rings (SSSR count). The number of unbranched alkanes of at least 4 members (excludes halogenated alkanes) is 1. The van der Waals surface area contributed by atoms with Crippen LogP contribution >= 0.6 is 0 Å².